The van der Waals surface area contributed by atoms with Gasteiger partial charge in [-0.15, -0.1) is 0 Å². The number of nitrogens with one attached hydrogen (secondary N) is 1. The molecule has 2 aliphatic rings. The summed E-state index contributed by atoms with van der Waals surface area (Å²) in [7, 11) is 0. The van der Waals surface area contributed by atoms with Gasteiger partial charge < -0.3 is 5.32 Å². The first-order valence-electron chi connectivity index (χ1n) is 6.30. The third-order valence-corrected chi connectivity index (χ3v) is 4.40. The van der Waals surface area contributed by atoms with E-state index in [-0.39, 0.29) is 0 Å². The lowest BCUT2D eigenvalue weighted by molar-refractivity contribution is 0.297. The average Bonchev–Trinajstić information content (AvgIpc) is 2.23. The Bertz CT molecular complexity index is 166. The van der Waals surface area contributed by atoms with E-state index in [0.29, 0.717) is 11.3 Å². The van der Waals surface area contributed by atoms with Gasteiger partial charge in [0, 0.05) is 17.3 Å². The molecule has 2 fully saturated rings. The summed E-state index contributed by atoms with van der Waals surface area (Å²) in [6.45, 7) is 0. The van der Waals surface area contributed by atoms with Crippen LogP contribution in [0.1, 0.15) is 57.8 Å². The molecule has 0 amide bonds. The zero-order valence-corrected chi connectivity index (χ0v) is 9.94. The lowest BCUT2D eigenvalue weighted by Crippen LogP contribution is -2.45. The van der Waals surface area contributed by atoms with Gasteiger partial charge in [-0.2, -0.15) is 12.6 Å². The third kappa shape index (κ3) is 2.90. The van der Waals surface area contributed by atoms with Crippen LogP contribution >= 0.6 is 12.6 Å². The van der Waals surface area contributed by atoms with Crippen LogP contribution in [0.15, 0.2) is 0 Å². The fourth-order valence-electron chi connectivity index (χ4n) is 2.88. The summed E-state index contributed by atoms with van der Waals surface area (Å²) in [5, 5.41) is 4.45. The van der Waals surface area contributed by atoms with Crippen molar-refractivity contribution in [2.24, 2.45) is 0 Å². The Morgan fingerprint density at radius 2 is 1.43 bits per heavy atom. The molecule has 82 valence electrons. The minimum absolute atomic E-state index is 0.616. The molecule has 2 saturated carbocycles. The molecule has 0 bridgehead atoms. The zero-order valence-electron chi connectivity index (χ0n) is 9.04. The van der Waals surface area contributed by atoms with Crippen LogP contribution < -0.4 is 5.32 Å². The van der Waals surface area contributed by atoms with Crippen molar-refractivity contribution < 1.29 is 0 Å². The van der Waals surface area contributed by atoms with Crippen LogP contribution in [0.2, 0.25) is 0 Å². The summed E-state index contributed by atoms with van der Waals surface area (Å²) in [5.74, 6) is 0. The molecule has 0 aromatic rings. The first-order chi connectivity index (χ1) is 6.86. The molecule has 2 atom stereocenters. The van der Waals surface area contributed by atoms with Crippen molar-refractivity contribution in [1.29, 1.82) is 0 Å². The second kappa shape index (κ2) is 5.41. The maximum atomic E-state index is 4.69. The Kier molecular flexibility index (Phi) is 4.18. The molecule has 2 heteroatoms. The molecule has 0 aromatic carbocycles. The summed E-state index contributed by atoms with van der Waals surface area (Å²) >= 11 is 4.69. The van der Waals surface area contributed by atoms with E-state index in [0.717, 1.165) is 6.04 Å². The van der Waals surface area contributed by atoms with Crippen LogP contribution in [0.25, 0.3) is 0 Å². The number of hydrogen-bond acceptors (Lipinski definition) is 2. The van der Waals surface area contributed by atoms with Gasteiger partial charge in [-0.3, -0.25) is 0 Å². The molecule has 2 aliphatic carbocycles. The lowest BCUT2D eigenvalue weighted by atomic mass is 9.90. The maximum absolute atomic E-state index is 4.69. The largest absolute Gasteiger partial charge is 0.310 e. The van der Waals surface area contributed by atoms with Crippen molar-refractivity contribution in [2.45, 2.75) is 75.1 Å². The molecule has 0 spiro atoms. The predicted molar refractivity (Wildman–Crippen MR) is 65.0 cm³/mol. The van der Waals surface area contributed by atoms with Gasteiger partial charge in [0.15, 0.2) is 0 Å². The fraction of sp³-hybridized carbons (Fsp3) is 1.00. The third-order valence-electron chi connectivity index (χ3n) is 3.78. The SMILES string of the molecule is S[C@H]1CCCC[C@@H]1NC1CCCCC1. The van der Waals surface area contributed by atoms with Crippen molar-refractivity contribution in [3.63, 3.8) is 0 Å². The Balaban J connectivity index is 1.76. The zero-order chi connectivity index (χ0) is 9.80. The molecule has 1 nitrogen and oxygen atoms in total. The van der Waals surface area contributed by atoms with E-state index in [4.69, 9.17) is 12.6 Å². The van der Waals surface area contributed by atoms with E-state index < -0.39 is 0 Å². The van der Waals surface area contributed by atoms with Gasteiger partial charge in [0.2, 0.25) is 0 Å². The first kappa shape index (κ1) is 10.8. The van der Waals surface area contributed by atoms with Crippen LogP contribution in [-0.4, -0.2) is 17.3 Å². The monoisotopic (exact) mass is 213 g/mol. The Morgan fingerprint density at radius 1 is 0.786 bits per heavy atom. The van der Waals surface area contributed by atoms with Gasteiger partial charge in [0.1, 0.15) is 0 Å². The van der Waals surface area contributed by atoms with Gasteiger partial charge >= 0.3 is 0 Å². The quantitative estimate of drug-likeness (QED) is 0.672. The number of hydrogen-bond donors (Lipinski definition) is 2. The van der Waals surface area contributed by atoms with E-state index in [9.17, 15) is 0 Å². The normalized spacial score (nSPS) is 35.8. The molecule has 0 radical (unpaired) electrons. The summed E-state index contributed by atoms with van der Waals surface area (Å²) < 4.78 is 0. The Hall–Kier alpha value is 0.310. The topological polar surface area (TPSA) is 12.0 Å². The smallest absolute Gasteiger partial charge is 0.0186 e. The summed E-state index contributed by atoms with van der Waals surface area (Å²) in [6, 6.07) is 1.51. The highest BCUT2D eigenvalue weighted by Gasteiger charge is 2.24. The first-order valence-corrected chi connectivity index (χ1v) is 6.82. The Morgan fingerprint density at radius 3 is 2.14 bits per heavy atom. The van der Waals surface area contributed by atoms with Crippen molar-refractivity contribution in [2.75, 3.05) is 0 Å². The standard InChI is InChI=1S/C12H23NS/c14-12-9-5-4-8-11(12)13-10-6-2-1-3-7-10/h10-14H,1-9H2/t11-,12-/m0/s1. The highest BCUT2D eigenvalue weighted by molar-refractivity contribution is 7.81. The van der Waals surface area contributed by atoms with Crippen LogP contribution in [0, 0.1) is 0 Å². The summed E-state index contributed by atoms with van der Waals surface area (Å²) in [4.78, 5) is 0. The highest BCUT2D eigenvalue weighted by atomic mass is 32.1. The van der Waals surface area contributed by atoms with Gasteiger partial charge in [-0.1, -0.05) is 32.1 Å². The molecule has 0 unspecified atom stereocenters. The van der Waals surface area contributed by atoms with Gasteiger partial charge in [-0.05, 0) is 25.7 Å². The Labute approximate surface area is 93.4 Å². The van der Waals surface area contributed by atoms with E-state index in [1.165, 1.54) is 57.8 Å². The van der Waals surface area contributed by atoms with E-state index >= 15 is 0 Å². The molecule has 0 heterocycles. The predicted octanol–water partition coefficient (Wildman–Crippen LogP) is 3.15. The minimum Gasteiger partial charge on any atom is -0.310 e. The molecule has 0 aromatic heterocycles. The van der Waals surface area contributed by atoms with Crippen LogP contribution in [0.5, 0.6) is 0 Å². The lowest BCUT2D eigenvalue weighted by Gasteiger charge is -2.34. The fourth-order valence-corrected chi connectivity index (χ4v) is 3.30. The van der Waals surface area contributed by atoms with Gasteiger partial charge in [0.25, 0.3) is 0 Å². The second-order valence-electron chi connectivity index (χ2n) is 4.96. The van der Waals surface area contributed by atoms with Crippen molar-refractivity contribution >= 4 is 12.6 Å². The van der Waals surface area contributed by atoms with E-state index in [1.807, 2.05) is 0 Å². The van der Waals surface area contributed by atoms with Crippen LogP contribution in [-0.2, 0) is 0 Å². The summed E-state index contributed by atoms with van der Waals surface area (Å²) in [6.07, 6.45) is 12.6. The van der Waals surface area contributed by atoms with Gasteiger partial charge in [0.05, 0.1) is 0 Å². The van der Waals surface area contributed by atoms with Crippen molar-refractivity contribution in [3.8, 4) is 0 Å². The van der Waals surface area contributed by atoms with Crippen LogP contribution in [0.3, 0.4) is 0 Å². The van der Waals surface area contributed by atoms with Crippen molar-refractivity contribution in [1.82, 2.24) is 5.32 Å². The minimum atomic E-state index is 0.616. The van der Waals surface area contributed by atoms with E-state index in [2.05, 4.69) is 5.32 Å². The molecular weight excluding hydrogens is 190 g/mol. The average molecular weight is 213 g/mol. The molecule has 14 heavy (non-hydrogen) atoms. The number of thiol groups is 1. The molecule has 2 rings (SSSR count). The molecule has 1 N–H and O–H groups in total. The summed E-state index contributed by atoms with van der Waals surface area (Å²) in [5.41, 5.74) is 0. The van der Waals surface area contributed by atoms with E-state index in [1.54, 1.807) is 0 Å². The molecule has 0 saturated heterocycles. The highest BCUT2D eigenvalue weighted by Crippen LogP contribution is 2.25. The molecular formula is C12H23NS. The molecule has 0 aliphatic heterocycles. The van der Waals surface area contributed by atoms with Gasteiger partial charge in [-0.25, -0.2) is 0 Å². The number of rotatable bonds is 2. The van der Waals surface area contributed by atoms with Crippen LogP contribution in [0.4, 0.5) is 0 Å². The second-order valence-corrected chi connectivity index (χ2v) is 5.62. The van der Waals surface area contributed by atoms with Crippen molar-refractivity contribution in [3.05, 3.63) is 0 Å². The maximum Gasteiger partial charge on any atom is 0.0186 e.